The van der Waals surface area contributed by atoms with Crippen molar-refractivity contribution in [3.8, 4) is 0 Å². The van der Waals surface area contributed by atoms with Crippen molar-refractivity contribution >= 4 is 11.6 Å². The average Bonchev–Trinajstić information content (AvgIpc) is 1.94. The van der Waals surface area contributed by atoms with Crippen LogP contribution < -0.4 is 0 Å². The first kappa shape index (κ1) is 8.79. The van der Waals surface area contributed by atoms with Crippen LogP contribution in [0.3, 0.4) is 0 Å². The molecule has 0 saturated carbocycles. The van der Waals surface area contributed by atoms with E-state index in [1.54, 1.807) is 6.08 Å². The van der Waals surface area contributed by atoms with E-state index in [1.165, 1.54) is 0 Å². The molecule has 62 valence electrons. The van der Waals surface area contributed by atoms with Crippen molar-refractivity contribution in [1.82, 2.24) is 0 Å². The van der Waals surface area contributed by atoms with E-state index >= 15 is 0 Å². The molecule has 11 heavy (non-hydrogen) atoms. The predicted molar refractivity (Wildman–Crippen MR) is 46.1 cm³/mol. The molecular weight excluding hydrogens is 163 g/mol. The summed E-state index contributed by atoms with van der Waals surface area (Å²) in [5, 5.41) is 0.370. The summed E-state index contributed by atoms with van der Waals surface area (Å²) in [6.07, 6.45) is 3.14. The van der Waals surface area contributed by atoms with Crippen LogP contribution in [-0.2, 0) is 0 Å². The molecule has 0 spiro atoms. The minimum Gasteiger partial charge on any atom is -0.206 e. The highest BCUT2D eigenvalue weighted by Crippen LogP contribution is 2.30. The molecule has 0 aromatic rings. The third-order valence-electron chi connectivity index (χ3n) is 1.95. The number of allylic oxidation sites excluding steroid dienone is 4. The second kappa shape index (κ2) is 3.40. The Kier molecular flexibility index (Phi) is 2.72. The largest absolute Gasteiger partial charge is 0.206 e. The summed E-state index contributed by atoms with van der Waals surface area (Å²) in [5.74, 6) is 0.187. The molecule has 1 rings (SSSR count). The lowest BCUT2D eigenvalue weighted by molar-refractivity contribution is 0.618. The Balaban J connectivity index is 2.81. The summed E-state index contributed by atoms with van der Waals surface area (Å²) in [5.41, 5.74) is 1.16. The van der Waals surface area contributed by atoms with E-state index in [-0.39, 0.29) is 5.83 Å². The van der Waals surface area contributed by atoms with Crippen molar-refractivity contribution in [3.05, 3.63) is 22.5 Å². The minimum absolute atomic E-state index is 0.249. The Labute approximate surface area is 71.7 Å². The molecule has 2 heteroatoms. The van der Waals surface area contributed by atoms with Gasteiger partial charge >= 0.3 is 0 Å². The van der Waals surface area contributed by atoms with Crippen LogP contribution >= 0.6 is 11.6 Å². The fourth-order valence-corrected chi connectivity index (χ4v) is 1.29. The highest BCUT2D eigenvalue weighted by Gasteiger charge is 2.13. The van der Waals surface area contributed by atoms with Crippen LogP contribution in [0.2, 0.25) is 0 Å². The molecule has 0 aromatic heterocycles. The maximum atomic E-state index is 12.9. The summed E-state index contributed by atoms with van der Waals surface area (Å²) in [7, 11) is 0. The van der Waals surface area contributed by atoms with Gasteiger partial charge in [0, 0.05) is 0 Å². The zero-order valence-corrected chi connectivity index (χ0v) is 7.58. The molecule has 0 aliphatic heterocycles. The van der Waals surface area contributed by atoms with Gasteiger partial charge in [0.15, 0.2) is 0 Å². The molecule has 1 aliphatic rings. The average molecular weight is 175 g/mol. The van der Waals surface area contributed by atoms with E-state index in [0.29, 0.717) is 17.4 Å². The van der Waals surface area contributed by atoms with Gasteiger partial charge in [-0.3, -0.25) is 0 Å². The normalized spacial score (nSPS) is 19.2. The molecule has 0 aromatic carbocycles. The molecule has 0 fully saturated rings. The summed E-state index contributed by atoms with van der Waals surface area (Å²) in [6, 6.07) is 0. The number of rotatable bonds is 1. The molecule has 0 atom stereocenters. The van der Waals surface area contributed by atoms with E-state index < -0.39 is 0 Å². The number of hydrogen-bond donors (Lipinski definition) is 0. The number of hydrogen-bond acceptors (Lipinski definition) is 0. The highest BCUT2D eigenvalue weighted by atomic mass is 35.5. The van der Waals surface area contributed by atoms with Crippen molar-refractivity contribution in [2.75, 3.05) is 0 Å². The van der Waals surface area contributed by atoms with Crippen LogP contribution in [0, 0.1) is 5.92 Å². The van der Waals surface area contributed by atoms with E-state index in [0.717, 1.165) is 12.0 Å². The van der Waals surface area contributed by atoms with Crippen LogP contribution in [0.1, 0.15) is 26.7 Å². The van der Waals surface area contributed by atoms with Gasteiger partial charge in [-0.05, 0) is 24.8 Å². The van der Waals surface area contributed by atoms with Crippen LogP contribution in [0.5, 0.6) is 0 Å². The van der Waals surface area contributed by atoms with Crippen molar-refractivity contribution in [3.63, 3.8) is 0 Å². The number of halogens is 2. The minimum atomic E-state index is -0.249. The van der Waals surface area contributed by atoms with Gasteiger partial charge in [-0.15, -0.1) is 0 Å². The van der Waals surface area contributed by atoms with Gasteiger partial charge in [0.25, 0.3) is 0 Å². The summed E-state index contributed by atoms with van der Waals surface area (Å²) >= 11 is 5.60. The molecule has 0 saturated heterocycles. The van der Waals surface area contributed by atoms with Gasteiger partial charge in [0.1, 0.15) is 5.83 Å². The van der Waals surface area contributed by atoms with Crippen LogP contribution in [0.4, 0.5) is 4.39 Å². The van der Waals surface area contributed by atoms with Crippen molar-refractivity contribution in [2.24, 2.45) is 5.92 Å². The monoisotopic (exact) mass is 174 g/mol. The Bertz CT molecular complexity index is 214. The SMILES string of the molecule is CC(C)C1=CC(F)=C(Cl)CC1. The van der Waals surface area contributed by atoms with E-state index in [9.17, 15) is 4.39 Å². The Morgan fingerprint density at radius 1 is 1.45 bits per heavy atom. The van der Waals surface area contributed by atoms with Gasteiger partial charge in [0.05, 0.1) is 5.03 Å². The standard InChI is InChI=1S/C9H12ClF/c1-6(2)7-3-4-8(10)9(11)5-7/h5-6H,3-4H2,1-2H3. The van der Waals surface area contributed by atoms with Gasteiger partial charge in [0.2, 0.25) is 0 Å². The Hall–Kier alpha value is -0.300. The second-order valence-electron chi connectivity index (χ2n) is 3.13. The van der Waals surface area contributed by atoms with Crippen LogP contribution in [-0.4, -0.2) is 0 Å². The smallest absolute Gasteiger partial charge is 0.137 e. The van der Waals surface area contributed by atoms with Crippen LogP contribution in [0.25, 0.3) is 0 Å². The maximum Gasteiger partial charge on any atom is 0.137 e. The maximum absolute atomic E-state index is 12.9. The Morgan fingerprint density at radius 3 is 2.55 bits per heavy atom. The van der Waals surface area contributed by atoms with E-state index in [1.807, 2.05) is 0 Å². The van der Waals surface area contributed by atoms with E-state index in [4.69, 9.17) is 11.6 Å². The summed E-state index contributed by atoms with van der Waals surface area (Å²) in [6.45, 7) is 4.14. The second-order valence-corrected chi connectivity index (χ2v) is 3.58. The van der Waals surface area contributed by atoms with Gasteiger partial charge in [-0.1, -0.05) is 31.0 Å². The molecule has 0 heterocycles. The van der Waals surface area contributed by atoms with Crippen LogP contribution in [0.15, 0.2) is 22.5 Å². The molecule has 0 radical (unpaired) electrons. The van der Waals surface area contributed by atoms with Crippen molar-refractivity contribution in [1.29, 1.82) is 0 Å². The van der Waals surface area contributed by atoms with Crippen molar-refractivity contribution in [2.45, 2.75) is 26.7 Å². The topological polar surface area (TPSA) is 0 Å². The summed E-state index contributed by atoms with van der Waals surface area (Å²) in [4.78, 5) is 0. The molecule has 0 unspecified atom stereocenters. The van der Waals surface area contributed by atoms with E-state index in [2.05, 4.69) is 13.8 Å². The van der Waals surface area contributed by atoms with Gasteiger partial charge in [-0.2, -0.15) is 0 Å². The molecule has 0 N–H and O–H groups in total. The lowest BCUT2D eigenvalue weighted by atomic mass is 9.94. The summed E-state index contributed by atoms with van der Waals surface area (Å²) < 4.78 is 12.9. The predicted octanol–water partition coefficient (Wildman–Crippen LogP) is 3.78. The quantitative estimate of drug-likeness (QED) is 0.568. The van der Waals surface area contributed by atoms with Crippen molar-refractivity contribution < 1.29 is 4.39 Å². The third-order valence-corrected chi connectivity index (χ3v) is 2.32. The molecule has 0 amide bonds. The molecule has 1 aliphatic carbocycles. The van der Waals surface area contributed by atoms with Gasteiger partial charge in [-0.25, -0.2) is 4.39 Å². The third kappa shape index (κ3) is 2.06. The lowest BCUT2D eigenvalue weighted by Crippen LogP contribution is -1.99. The lowest BCUT2D eigenvalue weighted by Gasteiger charge is -2.15. The molecule has 0 bridgehead atoms. The first-order chi connectivity index (χ1) is 5.11. The zero-order valence-electron chi connectivity index (χ0n) is 6.82. The molecular formula is C9H12ClF. The fraction of sp³-hybridized carbons (Fsp3) is 0.556. The molecule has 0 nitrogen and oxygen atoms in total. The highest BCUT2D eigenvalue weighted by molar-refractivity contribution is 6.30. The van der Waals surface area contributed by atoms with Gasteiger partial charge < -0.3 is 0 Å². The first-order valence-electron chi connectivity index (χ1n) is 3.86. The Morgan fingerprint density at radius 2 is 2.09 bits per heavy atom. The fourth-order valence-electron chi connectivity index (χ4n) is 1.14. The first-order valence-corrected chi connectivity index (χ1v) is 4.23. The zero-order chi connectivity index (χ0) is 8.43.